The predicted molar refractivity (Wildman–Crippen MR) is 187 cm³/mol. The van der Waals surface area contributed by atoms with Gasteiger partial charge in [0.2, 0.25) is 0 Å². The summed E-state index contributed by atoms with van der Waals surface area (Å²) in [5.41, 5.74) is 7.71. The Morgan fingerprint density at radius 3 is 2.23 bits per heavy atom. The largest absolute Gasteiger partial charge is 0.358 e. The van der Waals surface area contributed by atoms with Gasteiger partial charge in [0.25, 0.3) is 0 Å². The number of nitrogens with zero attached hydrogens (tertiary/aromatic N) is 5. The summed E-state index contributed by atoms with van der Waals surface area (Å²) in [5.74, 6) is 1.24. The third kappa shape index (κ3) is 7.99. The zero-order valence-corrected chi connectivity index (χ0v) is 27.4. The zero-order valence-electron chi connectivity index (χ0n) is 26.6. The first-order valence-corrected chi connectivity index (χ1v) is 16.5. The maximum absolute atomic E-state index is 5.13. The maximum Gasteiger partial charge on any atom is 0.114 e. The molecular weight excluding hydrogens is 547 g/mol. The molecule has 3 aromatic rings. The number of para-hydroxylation sites is 2. The molecule has 0 saturated carbocycles. The standard InChI is InChI=1S/C37H47N5S/c1-29-30-15-11-21-35(29)43-36(38-22-12-16-30)27-31-28-37(41(25-13-23-39(2)3)26-14-24-40(4)5)42(32-17-7-6-8-18-32)34-20-10-9-19-33(31)34/h6-11,15,17-21,27-28H,12-14,16,22-26H2,1-5H3/b31-27+,38-36?. The highest BCUT2D eigenvalue weighted by atomic mass is 32.2. The first-order chi connectivity index (χ1) is 20.9. The second-order valence-corrected chi connectivity index (χ2v) is 13.1. The Hall–Kier alpha value is -3.32. The van der Waals surface area contributed by atoms with Gasteiger partial charge in [-0.25, -0.2) is 0 Å². The van der Waals surface area contributed by atoms with Crippen LogP contribution in [0.15, 0.2) is 101 Å². The monoisotopic (exact) mass is 593 g/mol. The van der Waals surface area contributed by atoms with Crippen molar-refractivity contribution in [2.24, 2.45) is 4.99 Å². The average Bonchev–Trinajstić information content (AvgIpc) is 3.02. The molecule has 2 aliphatic heterocycles. The Balaban J connectivity index is 1.61. The van der Waals surface area contributed by atoms with Gasteiger partial charge in [0.05, 0.1) is 10.7 Å². The van der Waals surface area contributed by atoms with Gasteiger partial charge in [0.1, 0.15) is 5.82 Å². The van der Waals surface area contributed by atoms with E-state index in [-0.39, 0.29) is 0 Å². The minimum Gasteiger partial charge on any atom is -0.358 e. The Labute approximate surface area is 263 Å². The van der Waals surface area contributed by atoms with Gasteiger partial charge in [0.15, 0.2) is 0 Å². The second kappa shape index (κ2) is 14.9. The fourth-order valence-electron chi connectivity index (χ4n) is 5.87. The number of allylic oxidation sites excluding steroid dienone is 2. The molecule has 5 rings (SSSR count). The van der Waals surface area contributed by atoms with E-state index in [4.69, 9.17) is 4.99 Å². The molecule has 0 unspecified atom stereocenters. The van der Waals surface area contributed by atoms with Crippen LogP contribution in [0.4, 0.5) is 11.4 Å². The fraction of sp³-hybridized carbons (Fsp3) is 0.378. The lowest BCUT2D eigenvalue weighted by Gasteiger charge is -2.40. The molecule has 0 atom stereocenters. The van der Waals surface area contributed by atoms with Crippen LogP contribution >= 0.6 is 11.8 Å². The molecule has 2 aliphatic rings. The van der Waals surface area contributed by atoms with Gasteiger partial charge in [-0.05, 0) is 127 Å². The van der Waals surface area contributed by atoms with Crippen molar-refractivity contribution in [3.05, 3.63) is 107 Å². The van der Waals surface area contributed by atoms with E-state index in [1.54, 1.807) is 0 Å². The van der Waals surface area contributed by atoms with E-state index >= 15 is 0 Å². The molecule has 0 N–H and O–H groups in total. The van der Waals surface area contributed by atoms with Crippen LogP contribution in [0.2, 0.25) is 0 Å². The minimum absolute atomic E-state index is 0.847. The van der Waals surface area contributed by atoms with E-state index in [1.807, 2.05) is 11.8 Å². The minimum atomic E-state index is 0.847. The van der Waals surface area contributed by atoms with Crippen LogP contribution in [-0.4, -0.2) is 80.7 Å². The molecule has 2 heterocycles. The molecule has 5 nitrogen and oxygen atoms in total. The van der Waals surface area contributed by atoms with Crippen molar-refractivity contribution >= 4 is 33.8 Å². The molecule has 0 radical (unpaired) electrons. The van der Waals surface area contributed by atoms with Gasteiger partial charge in [0, 0.05) is 35.8 Å². The summed E-state index contributed by atoms with van der Waals surface area (Å²) in [4.78, 5) is 16.1. The van der Waals surface area contributed by atoms with Crippen molar-refractivity contribution in [3.8, 4) is 0 Å². The summed E-state index contributed by atoms with van der Waals surface area (Å²) in [6.07, 6.45) is 9.12. The molecule has 0 aliphatic carbocycles. The quantitative estimate of drug-likeness (QED) is 0.227. The molecule has 43 heavy (non-hydrogen) atoms. The van der Waals surface area contributed by atoms with E-state index in [1.165, 1.54) is 44.4 Å². The van der Waals surface area contributed by atoms with Crippen molar-refractivity contribution in [2.45, 2.75) is 37.5 Å². The van der Waals surface area contributed by atoms with Crippen LogP contribution in [0.5, 0.6) is 0 Å². The van der Waals surface area contributed by atoms with E-state index < -0.39 is 0 Å². The van der Waals surface area contributed by atoms with Crippen LogP contribution in [0.3, 0.4) is 0 Å². The maximum atomic E-state index is 5.13. The van der Waals surface area contributed by atoms with Crippen molar-refractivity contribution in [2.75, 3.05) is 65.8 Å². The molecule has 6 heteroatoms. The number of benzene rings is 3. The molecule has 226 valence electrons. The van der Waals surface area contributed by atoms with Crippen molar-refractivity contribution in [3.63, 3.8) is 0 Å². The van der Waals surface area contributed by atoms with E-state index in [9.17, 15) is 0 Å². The molecule has 0 aromatic heterocycles. The SMILES string of the molecule is Cc1c2cccc1SC(/C=C1\C=C(N(CCCN(C)C)CCCN(C)C)N(c3ccccc3)c3ccccc31)=NCCC2. The number of anilines is 2. The third-order valence-corrected chi connectivity index (χ3v) is 9.25. The summed E-state index contributed by atoms with van der Waals surface area (Å²) in [6.45, 7) is 7.23. The van der Waals surface area contributed by atoms with E-state index in [0.29, 0.717) is 0 Å². The smallest absolute Gasteiger partial charge is 0.114 e. The van der Waals surface area contributed by atoms with E-state index in [0.717, 1.165) is 63.5 Å². The zero-order chi connectivity index (χ0) is 30.2. The highest BCUT2D eigenvalue weighted by Crippen LogP contribution is 2.42. The van der Waals surface area contributed by atoms with Crippen molar-refractivity contribution in [1.29, 1.82) is 0 Å². The fourth-order valence-corrected chi connectivity index (χ4v) is 6.87. The summed E-state index contributed by atoms with van der Waals surface area (Å²) >= 11 is 1.81. The summed E-state index contributed by atoms with van der Waals surface area (Å²) in [5, 5.41) is 1.09. The van der Waals surface area contributed by atoms with Crippen molar-refractivity contribution in [1.82, 2.24) is 14.7 Å². The first kappa shape index (κ1) is 31.1. The van der Waals surface area contributed by atoms with Gasteiger partial charge in [-0.15, -0.1) is 0 Å². The number of hydrogen-bond donors (Lipinski definition) is 0. The number of aryl methyl sites for hydroxylation is 1. The highest BCUT2D eigenvalue weighted by Gasteiger charge is 2.28. The van der Waals surface area contributed by atoms with Crippen LogP contribution in [0.1, 0.15) is 36.0 Å². The van der Waals surface area contributed by atoms with Gasteiger partial charge < -0.3 is 14.7 Å². The van der Waals surface area contributed by atoms with Gasteiger partial charge in [-0.3, -0.25) is 9.89 Å². The topological polar surface area (TPSA) is 25.3 Å². The second-order valence-electron chi connectivity index (χ2n) is 12.1. The van der Waals surface area contributed by atoms with Gasteiger partial charge in [-0.2, -0.15) is 0 Å². The summed E-state index contributed by atoms with van der Waals surface area (Å²) in [7, 11) is 8.65. The molecule has 0 spiro atoms. The van der Waals surface area contributed by atoms with Crippen LogP contribution in [-0.2, 0) is 6.42 Å². The predicted octanol–water partition coefficient (Wildman–Crippen LogP) is 7.71. The molecule has 0 amide bonds. The van der Waals surface area contributed by atoms with Crippen LogP contribution in [0.25, 0.3) is 5.57 Å². The molecular formula is C37H47N5S. The number of thioether (sulfide) groups is 1. The van der Waals surface area contributed by atoms with Gasteiger partial charge >= 0.3 is 0 Å². The lowest BCUT2D eigenvalue weighted by atomic mass is 9.97. The third-order valence-electron chi connectivity index (χ3n) is 8.14. The normalized spacial score (nSPS) is 16.0. The average molecular weight is 594 g/mol. The van der Waals surface area contributed by atoms with E-state index in [2.05, 4.69) is 140 Å². The van der Waals surface area contributed by atoms with Crippen LogP contribution < -0.4 is 4.90 Å². The molecule has 3 aromatic carbocycles. The summed E-state index contributed by atoms with van der Waals surface area (Å²) < 4.78 is 0. The molecule has 2 bridgehead atoms. The Kier molecular flexibility index (Phi) is 10.8. The summed E-state index contributed by atoms with van der Waals surface area (Å²) in [6, 6.07) is 26.4. The lowest BCUT2D eigenvalue weighted by Crippen LogP contribution is -2.38. The first-order valence-electron chi connectivity index (χ1n) is 15.6. The van der Waals surface area contributed by atoms with Crippen LogP contribution in [0, 0.1) is 6.92 Å². The lowest BCUT2D eigenvalue weighted by molar-refractivity contribution is 0.284. The Morgan fingerprint density at radius 2 is 1.51 bits per heavy atom. The molecule has 0 fully saturated rings. The number of hydrogen-bond acceptors (Lipinski definition) is 6. The number of fused-ring (bicyclic) bond motifs is 3. The van der Waals surface area contributed by atoms with Crippen molar-refractivity contribution < 1.29 is 0 Å². The Bertz CT molecular complexity index is 1440. The number of aliphatic imine (C=N–C) groups is 1. The number of rotatable bonds is 11. The van der Waals surface area contributed by atoms with Gasteiger partial charge in [-0.1, -0.05) is 60.3 Å². The Morgan fingerprint density at radius 1 is 0.814 bits per heavy atom. The highest BCUT2D eigenvalue weighted by molar-refractivity contribution is 8.14. The molecule has 0 saturated heterocycles.